The van der Waals surface area contributed by atoms with Gasteiger partial charge in [-0.25, -0.2) is 0 Å². The molecule has 2 aliphatic heterocycles. The van der Waals surface area contributed by atoms with Gasteiger partial charge < -0.3 is 10.2 Å². The number of amides is 1. The average molecular weight is 196 g/mol. The summed E-state index contributed by atoms with van der Waals surface area (Å²) in [5, 5.41) is 3.38. The van der Waals surface area contributed by atoms with Crippen molar-refractivity contribution in [1.29, 1.82) is 0 Å². The smallest absolute Gasteiger partial charge is 0.209 e. The first-order chi connectivity index (χ1) is 6.92. The molecule has 80 valence electrons. The van der Waals surface area contributed by atoms with Crippen molar-refractivity contribution in [2.75, 3.05) is 19.6 Å². The molecule has 0 radical (unpaired) electrons. The monoisotopic (exact) mass is 196 g/mol. The average Bonchev–Trinajstić information content (AvgIpc) is 2.30. The van der Waals surface area contributed by atoms with Crippen LogP contribution in [0.15, 0.2) is 0 Å². The molecular weight excluding hydrogens is 176 g/mol. The van der Waals surface area contributed by atoms with Gasteiger partial charge in [0, 0.05) is 12.6 Å². The molecule has 0 bridgehead atoms. The van der Waals surface area contributed by atoms with Crippen LogP contribution in [0.1, 0.15) is 32.1 Å². The third-order valence-corrected chi connectivity index (χ3v) is 3.66. The molecule has 2 rings (SSSR count). The first-order valence-corrected chi connectivity index (χ1v) is 5.83. The Morgan fingerprint density at radius 1 is 1.14 bits per heavy atom. The summed E-state index contributed by atoms with van der Waals surface area (Å²) >= 11 is 0. The maximum absolute atomic E-state index is 10.9. The van der Waals surface area contributed by atoms with Gasteiger partial charge in [-0.3, -0.25) is 4.79 Å². The van der Waals surface area contributed by atoms with Crippen LogP contribution in [0.5, 0.6) is 0 Å². The molecule has 14 heavy (non-hydrogen) atoms. The third kappa shape index (κ3) is 2.08. The number of rotatable bonds is 2. The molecule has 0 spiro atoms. The van der Waals surface area contributed by atoms with Crippen LogP contribution in [-0.2, 0) is 4.79 Å². The molecule has 0 aromatic rings. The lowest BCUT2D eigenvalue weighted by Crippen LogP contribution is -2.46. The molecule has 2 saturated heterocycles. The predicted molar refractivity (Wildman–Crippen MR) is 56.0 cm³/mol. The number of carbonyl (C=O) groups excluding carboxylic acids is 1. The molecule has 3 heteroatoms. The summed E-state index contributed by atoms with van der Waals surface area (Å²) in [5.41, 5.74) is 0. The second-order valence-electron chi connectivity index (χ2n) is 4.49. The van der Waals surface area contributed by atoms with Crippen molar-refractivity contribution < 1.29 is 4.79 Å². The maximum Gasteiger partial charge on any atom is 0.209 e. The number of piperidine rings is 2. The molecule has 1 N–H and O–H groups in total. The molecule has 0 aromatic carbocycles. The van der Waals surface area contributed by atoms with Gasteiger partial charge in [-0.05, 0) is 51.1 Å². The second-order valence-corrected chi connectivity index (χ2v) is 4.49. The van der Waals surface area contributed by atoms with E-state index in [1.54, 1.807) is 0 Å². The van der Waals surface area contributed by atoms with E-state index in [0.717, 1.165) is 32.0 Å². The van der Waals surface area contributed by atoms with Gasteiger partial charge in [0.1, 0.15) is 0 Å². The minimum absolute atomic E-state index is 0.545. The zero-order chi connectivity index (χ0) is 9.80. The molecule has 3 nitrogen and oxygen atoms in total. The summed E-state index contributed by atoms with van der Waals surface area (Å²) in [7, 11) is 0. The van der Waals surface area contributed by atoms with Crippen LogP contribution in [0, 0.1) is 5.92 Å². The van der Waals surface area contributed by atoms with E-state index in [1.807, 2.05) is 4.90 Å². The summed E-state index contributed by atoms with van der Waals surface area (Å²) in [6, 6.07) is 0.545. The Bertz CT molecular complexity index is 190. The summed E-state index contributed by atoms with van der Waals surface area (Å²) in [6.07, 6.45) is 7.28. The molecule has 1 unspecified atom stereocenters. The lowest BCUT2D eigenvalue weighted by molar-refractivity contribution is -0.122. The van der Waals surface area contributed by atoms with Crippen molar-refractivity contribution in [3.8, 4) is 0 Å². The van der Waals surface area contributed by atoms with Crippen molar-refractivity contribution in [2.45, 2.75) is 38.1 Å². The lowest BCUT2D eigenvalue weighted by Gasteiger charge is -2.40. The normalized spacial score (nSPS) is 30.3. The molecule has 0 aliphatic carbocycles. The Labute approximate surface area is 85.8 Å². The molecular formula is C11H20N2O. The van der Waals surface area contributed by atoms with Crippen molar-refractivity contribution in [2.24, 2.45) is 5.92 Å². The number of hydrogen-bond acceptors (Lipinski definition) is 2. The minimum Gasteiger partial charge on any atom is -0.342 e. The fourth-order valence-corrected chi connectivity index (χ4v) is 2.85. The zero-order valence-electron chi connectivity index (χ0n) is 8.74. The highest BCUT2D eigenvalue weighted by molar-refractivity contribution is 5.48. The van der Waals surface area contributed by atoms with E-state index in [9.17, 15) is 4.79 Å². The molecule has 2 fully saturated rings. The number of hydrogen-bond donors (Lipinski definition) is 1. The van der Waals surface area contributed by atoms with Crippen molar-refractivity contribution in [3.63, 3.8) is 0 Å². The lowest BCUT2D eigenvalue weighted by atomic mass is 9.84. The standard InChI is InChI=1S/C11H20N2O/c14-9-13-8-2-1-3-11(13)10-4-6-12-7-5-10/h9-12H,1-8H2. The Morgan fingerprint density at radius 3 is 2.64 bits per heavy atom. The van der Waals surface area contributed by atoms with E-state index >= 15 is 0 Å². The molecule has 0 aromatic heterocycles. The number of carbonyl (C=O) groups is 1. The Hall–Kier alpha value is -0.570. The fourth-order valence-electron chi connectivity index (χ4n) is 2.85. The Balaban J connectivity index is 1.94. The van der Waals surface area contributed by atoms with Crippen molar-refractivity contribution >= 4 is 6.41 Å². The number of likely N-dealkylation sites (tertiary alicyclic amines) is 1. The van der Waals surface area contributed by atoms with Crippen LogP contribution in [0.25, 0.3) is 0 Å². The van der Waals surface area contributed by atoms with Crippen LogP contribution in [0.3, 0.4) is 0 Å². The van der Waals surface area contributed by atoms with Crippen LogP contribution >= 0.6 is 0 Å². The Morgan fingerprint density at radius 2 is 1.93 bits per heavy atom. The maximum atomic E-state index is 10.9. The number of nitrogens with one attached hydrogen (secondary N) is 1. The van der Waals surface area contributed by atoms with E-state index in [4.69, 9.17) is 0 Å². The van der Waals surface area contributed by atoms with E-state index in [-0.39, 0.29) is 0 Å². The fraction of sp³-hybridized carbons (Fsp3) is 0.909. The van der Waals surface area contributed by atoms with Crippen molar-refractivity contribution in [3.05, 3.63) is 0 Å². The highest BCUT2D eigenvalue weighted by Crippen LogP contribution is 2.27. The third-order valence-electron chi connectivity index (χ3n) is 3.66. The van der Waals surface area contributed by atoms with E-state index < -0.39 is 0 Å². The molecule has 1 amide bonds. The van der Waals surface area contributed by atoms with Gasteiger partial charge >= 0.3 is 0 Å². The van der Waals surface area contributed by atoms with Crippen LogP contribution < -0.4 is 5.32 Å². The van der Waals surface area contributed by atoms with Gasteiger partial charge in [-0.1, -0.05) is 0 Å². The van der Waals surface area contributed by atoms with E-state index in [1.165, 1.54) is 32.1 Å². The summed E-state index contributed by atoms with van der Waals surface area (Å²) in [6.45, 7) is 3.25. The minimum atomic E-state index is 0.545. The highest BCUT2D eigenvalue weighted by atomic mass is 16.1. The predicted octanol–water partition coefficient (Wildman–Crippen LogP) is 0.997. The van der Waals surface area contributed by atoms with Gasteiger partial charge in [0.2, 0.25) is 6.41 Å². The van der Waals surface area contributed by atoms with Crippen LogP contribution in [0.2, 0.25) is 0 Å². The first kappa shape index (κ1) is 9.97. The quantitative estimate of drug-likeness (QED) is 0.668. The zero-order valence-corrected chi connectivity index (χ0v) is 8.74. The van der Waals surface area contributed by atoms with Gasteiger partial charge in [-0.15, -0.1) is 0 Å². The van der Waals surface area contributed by atoms with E-state index in [2.05, 4.69) is 5.32 Å². The van der Waals surface area contributed by atoms with Crippen molar-refractivity contribution in [1.82, 2.24) is 10.2 Å². The Kier molecular flexibility index (Phi) is 3.40. The van der Waals surface area contributed by atoms with Gasteiger partial charge in [0.15, 0.2) is 0 Å². The number of nitrogens with zero attached hydrogens (tertiary/aromatic N) is 1. The second kappa shape index (κ2) is 4.78. The summed E-state index contributed by atoms with van der Waals surface area (Å²) in [4.78, 5) is 13.0. The van der Waals surface area contributed by atoms with Gasteiger partial charge in [-0.2, -0.15) is 0 Å². The SMILES string of the molecule is O=CN1CCCCC1C1CCNCC1. The molecule has 2 aliphatic rings. The molecule has 2 heterocycles. The summed E-state index contributed by atoms with van der Waals surface area (Å²) in [5.74, 6) is 0.752. The van der Waals surface area contributed by atoms with E-state index in [0.29, 0.717) is 6.04 Å². The molecule has 0 saturated carbocycles. The van der Waals surface area contributed by atoms with Gasteiger partial charge in [0.25, 0.3) is 0 Å². The highest BCUT2D eigenvalue weighted by Gasteiger charge is 2.29. The van der Waals surface area contributed by atoms with Gasteiger partial charge in [0.05, 0.1) is 0 Å². The van der Waals surface area contributed by atoms with Crippen LogP contribution in [0.4, 0.5) is 0 Å². The first-order valence-electron chi connectivity index (χ1n) is 5.83. The molecule has 1 atom stereocenters. The topological polar surface area (TPSA) is 32.3 Å². The van der Waals surface area contributed by atoms with Crippen LogP contribution in [-0.4, -0.2) is 37.0 Å². The summed E-state index contributed by atoms with van der Waals surface area (Å²) < 4.78 is 0. The largest absolute Gasteiger partial charge is 0.342 e.